The summed E-state index contributed by atoms with van der Waals surface area (Å²) >= 11 is 0. The number of hydrogen-bond acceptors (Lipinski definition) is 5. The summed E-state index contributed by atoms with van der Waals surface area (Å²) in [7, 11) is 1.41. The Labute approximate surface area is 170 Å². The van der Waals surface area contributed by atoms with Gasteiger partial charge in [0.15, 0.2) is 0 Å². The number of methoxy groups -OCH3 is 1. The average molecular weight is 395 g/mol. The van der Waals surface area contributed by atoms with Crippen molar-refractivity contribution in [1.82, 2.24) is 0 Å². The number of aliphatic hydroxyl groups is 1. The van der Waals surface area contributed by atoms with Crippen LogP contribution in [-0.2, 0) is 19.1 Å². The molecule has 28 heavy (non-hydrogen) atoms. The third-order valence-corrected chi connectivity index (χ3v) is 5.39. The molecule has 0 unspecified atom stereocenters. The average Bonchev–Trinajstić information content (AvgIpc) is 3.08. The Morgan fingerprint density at radius 3 is 2.50 bits per heavy atom. The van der Waals surface area contributed by atoms with Crippen LogP contribution in [0.1, 0.15) is 77.6 Å². The van der Waals surface area contributed by atoms with E-state index in [1.54, 1.807) is 0 Å². The van der Waals surface area contributed by atoms with Gasteiger partial charge in [0.05, 0.1) is 7.11 Å². The second-order valence-corrected chi connectivity index (χ2v) is 7.54. The predicted molar refractivity (Wildman–Crippen MR) is 111 cm³/mol. The molecule has 0 amide bonds. The fraction of sp³-hybridized carbons (Fsp3) is 0.739. The van der Waals surface area contributed by atoms with E-state index in [1.165, 1.54) is 32.8 Å². The summed E-state index contributed by atoms with van der Waals surface area (Å²) in [5.74, 6) is -0.0628. The van der Waals surface area contributed by atoms with Crippen LogP contribution in [0.25, 0.3) is 0 Å². The molecule has 1 aliphatic carbocycles. The summed E-state index contributed by atoms with van der Waals surface area (Å²) in [5.41, 5.74) is 0. The fourth-order valence-electron chi connectivity index (χ4n) is 3.78. The summed E-state index contributed by atoms with van der Waals surface area (Å²) < 4.78 is 10.1. The van der Waals surface area contributed by atoms with Crippen LogP contribution in [-0.4, -0.2) is 36.9 Å². The first-order valence-electron chi connectivity index (χ1n) is 10.8. The third-order valence-electron chi connectivity index (χ3n) is 5.39. The number of ether oxygens (including phenoxy) is 2. The van der Waals surface area contributed by atoms with Gasteiger partial charge in [0.1, 0.15) is 12.7 Å². The van der Waals surface area contributed by atoms with Gasteiger partial charge in [-0.05, 0) is 50.9 Å². The van der Waals surface area contributed by atoms with Crippen molar-refractivity contribution in [3.63, 3.8) is 0 Å². The monoisotopic (exact) mass is 394 g/mol. The molecule has 0 aliphatic heterocycles. The maximum atomic E-state index is 11.5. The first-order valence-corrected chi connectivity index (χ1v) is 10.8. The zero-order valence-electron chi connectivity index (χ0n) is 17.6. The number of hydrogen-bond donors (Lipinski definition) is 1. The van der Waals surface area contributed by atoms with Crippen LogP contribution in [0.5, 0.6) is 0 Å². The molecular weight excluding hydrogens is 356 g/mol. The molecule has 1 N–H and O–H groups in total. The maximum Gasteiger partial charge on any atom is 0.332 e. The lowest BCUT2D eigenvalue weighted by Gasteiger charge is -2.22. The Hall–Kier alpha value is -1.62. The van der Waals surface area contributed by atoms with Gasteiger partial charge >= 0.3 is 11.9 Å². The lowest BCUT2D eigenvalue weighted by atomic mass is 9.90. The number of aliphatic hydroxyl groups excluding tert-OH is 1. The van der Waals surface area contributed by atoms with E-state index in [9.17, 15) is 9.59 Å². The molecule has 160 valence electrons. The quantitative estimate of drug-likeness (QED) is 0.262. The second-order valence-electron chi connectivity index (χ2n) is 7.54. The summed E-state index contributed by atoms with van der Waals surface area (Å²) in [5, 5.41) is 8.99. The maximum absolute atomic E-state index is 11.5. The van der Waals surface area contributed by atoms with Gasteiger partial charge in [-0.15, -0.1) is 0 Å². The van der Waals surface area contributed by atoms with Crippen LogP contribution in [0.2, 0.25) is 0 Å². The van der Waals surface area contributed by atoms with E-state index in [1.807, 2.05) is 0 Å². The molecule has 0 radical (unpaired) electrons. The summed E-state index contributed by atoms with van der Waals surface area (Å²) in [6.45, 7) is 1.65. The number of esters is 2. The molecule has 5 nitrogen and oxygen atoms in total. The molecule has 0 aromatic heterocycles. The molecule has 0 spiro atoms. The summed E-state index contributed by atoms with van der Waals surface area (Å²) in [6.07, 6.45) is 19.6. The highest BCUT2D eigenvalue weighted by Crippen LogP contribution is 2.38. The molecule has 3 atom stereocenters. The van der Waals surface area contributed by atoms with Gasteiger partial charge < -0.3 is 14.6 Å². The Bertz CT molecular complexity index is 497. The minimum absolute atomic E-state index is 0.130. The summed E-state index contributed by atoms with van der Waals surface area (Å²) in [4.78, 5) is 22.7. The topological polar surface area (TPSA) is 72.8 Å². The van der Waals surface area contributed by atoms with E-state index in [2.05, 4.69) is 36.0 Å². The van der Waals surface area contributed by atoms with Gasteiger partial charge in [-0.3, -0.25) is 4.79 Å². The molecule has 1 fully saturated rings. The zero-order valence-corrected chi connectivity index (χ0v) is 17.6. The van der Waals surface area contributed by atoms with E-state index >= 15 is 0 Å². The van der Waals surface area contributed by atoms with Crippen LogP contribution >= 0.6 is 0 Å². The molecule has 0 saturated heterocycles. The first kappa shape index (κ1) is 24.4. The minimum atomic E-state index is -0.565. The second kappa shape index (κ2) is 15.3. The normalized spacial score (nSPS) is 22.2. The van der Waals surface area contributed by atoms with E-state index < -0.39 is 12.6 Å². The highest BCUT2D eigenvalue weighted by molar-refractivity contribution is 5.70. The highest BCUT2D eigenvalue weighted by Gasteiger charge is 2.36. The van der Waals surface area contributed by atoms with Crippen molar-refractivity contribution in [2.24, 2.45) is 11.8 Å². The Kier molecular flexibility index (Phi) is 13.4. The lowest BCUT2D eigenvalue weighted by molar-refractivity contribution is -0.154. The first-order chi connectivity index (χ1) is 13.6. The lowest BCUT2D eigenvalue weighted by Crippen LogP contribution is -2.26. The standard InChI is InChI=1S/C23H38O5/c1-3-4-5-6-7-10-13-19-16-17-21(28-23(26)18-24)20(19)14-11-8-9-12-15-22(25)27-2/h8,10-11,13,19-21,24H,3-7,9,12,14-18H2,1-2H3/t19-,20+,21+/m0/s1. The SMILES string of the molecule is CCCCCCC=C[C@H]1CC[C@@H](OC(=O)CO)[C@@H]1CC=CCCCC(=O)OC. The molecule has 1 aliphatic rings. The van der Waals surface area contributed by atoms with E-state index in [0.29, 0.717) is 12.3 Å². The number of unbranched alkanes of at least 4 members (excludes halogenated alkanes) is 5. The largest absolute Gasteiger partial charge is 0.469 e. The number of carbonyl (C=O) groups is 2. The molecular formula is C23H38O5. The van der Waals surface area contributed by atoms with Crippen LogP contribution in [0, 0.1) is 11.8 Å². The molecule has 0 heterocycles. The molecule has 0 bridgehead atoms. The molecule has 5 heteroatoms. The van der Waals surface area contributed by atoms with Crippen molar-refractivity contribution in [2.45, 2.75) is 83.7 Å². The van der Waals surface area contributed by atoms with E-state index in [4.69, 9.17) is 9.84 Å². The Balaban J connectivity index is 2.51. The molecule has 0 aromatic carbocycles. The minimum Gasteiger partial charge on any atom is -0.469 e. The third kappa shape index (κ3) is 10.1. The van der Waals surface area contributed by atoms with E-state index in [0.717, 1.165) is 38.5 Å². The van der Waals surface area contributed by atoms with Gasteiger partial charge in [0.25, 0.3) is 0 Å². The smallest absolute Gasteiger partial charge is 0.332 e. The molecule has 1 saturated carbocycles. The van der Waals surface area contributed by atoms with Gasteiger partial charge in [-0.2, -0.15) is 0 Å². The zero-order chi connectivity index (χ0) is 20.6. The Morgan fingerprint density at radius 1 is 1.00 bits per heavy atom. The van der Waals surface area contributed by atoms with Crippen molar-refractivity contribution in [2.75, 3.05) is 13.7 Å². The predicted octanol–water partition coefficient (Wildman–Crippen LogP) is 4.73. The van der Waals surface area contributed by atoms with Crippen molar-refractivity contribution >= 4 is 11.9 Å². The Morgan fingerprint density at radius 2 is 1.79 bits per heavy atom. The van der Waals surface area contributed by atoms with Gasteiger partial charge in [-0.1, -0.05) is 50.5 Å². The number of carbonyl (C=O) groups excluding carboxylic acids is 2. The number of rotatable bonds is 14. The number of allylic oxidation sites excluding steroid dienone is 4. The van der Waals surface area contributed by atoms with Gasteiger partial charge in [0.2, 0.25) is 0 Å². The van der Waals surface area contributed by atoms with Crippen molar-refractivity contribution in [3.05, 3.63) is 24.3 Å². The van der Waals surface area contributed by atoms with E-state index in [-0.39, 0.29) is 18.0 Å². The highest BCUT2D eigenvalue weighted by atomic mass is 16.6. The van der Waals surface area contributed by atoms with Gasteiger partial charge in [0, 0.05) is 12.3 Å². The molecule has 1 rings (SSSR count). The molecule has 0 aromatic rings. The van der Waals surface area contributed by atoms with Crippen molar-refractivity contribution in [3.8, 4) is 0 Å². The van der Waals surface area contributed by atoms with Gasteiger partial charge in [-0.25, -0.2) is 4.79 Å². The van der Waals surface area contributed by atoms with Crippen LogP contribution in [0.15, 0.2) is 24.3 Å². The fourth-order valence-corrected chi connectivity index (χ4v) is 3.78. The van der Waals surface area contributed by atoms with Crippen LogP contribution in [0.3, 0.4) is 0 Å². The van der Waals surface area contributed by atoms with Crippen molar-refractivity contribution < 1.29 is 24.2 Å². The van der Waals surface area contributed by atoms with Crippen molar-refractivity contribution in [1.29, 1.82) is 0 Å². The van der Waals surface area contributed by atoms with Crippen LogP contribution in [0.4, 0.5) is 0 Å². The van der Waals surface area contributed by atoms with Crippen LogP contribution < -0.4 is 0 Å². The summed E-state index contributed by atoms with van der Waals surface area (Å²) in [6, 6.07) is 0.